The molecule has 0 radical (unpaired) electrons. The summed E-state index contributed by atoms with van der Waals surface area (Å²) in [6, 6.07) is 17.2. The van der Waals surface area contributed by atoms with Gasteiger partial charge in [-0.25, -0.2) is 0 Å². The molecule has 29 heavy (non-hydrogen) atoms. The van der Waals surface area contributed by atoms with E-state index in [4.69, 9.17) is 4.74 Å². The fourth-order valence-corrected chi connectivity index (χ4v) is 3.35. The van der Waals surface area contributed by atoms with E-state index in [0.29, 0.717) is 44.8 Å². The second-order valence-corrected chi connectivity index (χ2v) is 7.18. The van der Waals surface area contributed by atoms with Crippen LogP contribution in [0.5, 0.6) is 5.75 Å². The summed E-state index contributed by atoms with van der Waals surface area (Å²) in [6.45, 7) is 3.68. The SMILES string of the molecule is CNCCCC(=O)N1CCN(C(=O)c2ccc(OCc3ccccc3)cc2)CC1. The van der Waals surface area contributed by atoms with Crippen molar-refractivity contribution >= 4 is 11.8 Å². The molecule has 2 amide bonds. The van der Waals surface area contributed by atoms with Crippen molar-refractivity contribution in [3.05, 3.63) is 65.7 Å². The third-order valence-corrected chi connectivity index (χ3v) is 5.09. The molecule has 0 atom stereocenters. The first-order valence-electron chi connectivity index (χ1n) is 10.2. The Bertz CT molecular complexity index is 785. The van der Waals surface area contributed by atoms with Crippen LogP contribution in [0.4, 0.5) is 0 Å². The lowest BCUT2D eigenvalue weighted by atomic mass is 10.1. The van der Waals surface area contributed by atoms with Crippen LogP contribution in [-0.4, -0.2) is 61.4 Å². The summed E-state index contributed by atoms with van der Waals surface area (Å²) in [6.07, 6.45) is 1.40. The van der Waals surface area contributed by atoms with Crippen molar-refractivity contribution in [2.24, 2.45) is 0 Å². The van der Waals surface area contributed by atoms with E-state index in [1.165, 1.54) is 0 Å². The highest BCUT2D eigenvalue weighted by molar-refractivity contribution is 5.94. The number of rotatable bonds is 8. The minimum absolute atomic E-state index is 0.00175. The Morgan fingerprint density at radius 3 is 2.24 bits per heavy atom. The molecule has 6 nitrogen and oxygen atoms in total. The maximum Gasteiger partial charge on any atom is 0.253 e. The largest absolute Gasteiger partial charge is 0.489 e. The second-order valence-electron chi connectivity index (χ2n) is 7.18. The molecule has 2 aromatic carbocycles. The fourth-order valence-electron chi connectivity index (χ4n) is 3.35. The Balaban J connectivity index is 1.46. The predicted octanol–water partition coefficient (Wildman–Crippen LogP) is 2.55. The van der Waals surface area contributed by atoms with Crippen LogP contribution in [0.1, 0.15) is 28.8 Å². The van der Waals surface area contributed by atoms with Crippen LogP contribution >= 0.6 is 0 Å². The Labute approximate surface area is 172 Å². The van der Waals surface area contributed by atoms with Gasteiger partial charge in [-0.3, -0.25) is 9.59 Å². The number of benzene rings is 2. The lowest BCUT2D eigenvalue weighted by Gasteiger charge is -2.35. The minimum atomic E-state index is 0.00175. The Hall–Kier alpha value is -2.86. The van der Waals surface area contributed by atoms with E-state index in [-0.39, 0.29) is 11.8 Å². The van der Waals surface area contributed by atoms with Gasteiger partial charge in [-0.1, -0.05) is 30.3 Å². The summed E-state index contributed by atoms with van der Waals surface area (Å²) in [7, 11) is 1.89. The average molecular weight is 396 g/mol. The smallest absolute Gasteiger partial charge is 0.253 e. The third-order valence-electron chi connectivity index (χ3n) is 5.09. The second kappa shape index (κ2) is 10.6. The molecule has 0 unspecified atom stereocenters. The first-order valence-corrected chi connectivity index (χ1v) is 10.2. The number of amides is 2. The summed E-state index contributed by atoms with van der Waals surface area (Å²) >= 11 is 0. The molecule has 0 aliphatic carbocycles. The molecule has 0 aromatic heterocycles. The highest BCUT2D eigenvalue weighted by atomic mass is 16.5. The van der Waals surface area contributed by atoms with E-state index in [2.05, 4.69) is 5.32 Å². The first-order chi connectivity index (χ1) is 14.2. The van der Waals surface area contributed by atoms with Crippen LogP contribution in [0.15, 0.2) is 54.6 Å². The maximum absolute atomic E-state index is 12.8. The monoisotopic (exact) mass is 395 g/mol. The maximum atomic E-state index is 12.8. The lowest BCUT2D eigenvalue weighted by molar-refractivity contribution is -0.132. The van der Waals surface area contributed by atoms with Crippen molar-refractivity contribution < 1.29 is 14.3 Å². The molecule has 0 bridgehead atoms. The predicted molar refractivity (Wildman–Crippen MR) is 113 cm³/mol. The van der Waals surface area contributed by atoms with Gasteiger partial charge in [0.2, 0.25) is 5.91 Å². The van der Waals surface area contributed by atoms with Crippen molar-refractivity contribution in [2.45, 2.75) is 19.4 Å². The Morgan fingerprint density at radius 2 is 1.59 bits per heavy atom. The summed E-state index contributed by atoms with van der Waals surface area (Å²) in [5.74, 6) is 0.913. The van der Waals surface area contributed by atoms with E-state index in [1.807, 2.05) is 59.3 Å². The number of hydrogen-bond donors (Lipinski definition) is 1. The molecule has 6 heteroatoms. The summed E-state index contributed by atoms with van der Waals surface area (Å²) in [5.41, 5.74) is 1.75. The molecule has 0 spiro atoms. The lowest BCUT2D eigenvalue weighted by Crippen LogP contribution is -2.50. The topological polar surface area (TPSA) is 61.9 Å². The first kappa shape index (κ1) is 20.9. The van der Waals surface area contributed by atoms with Crippen molar-refractivity contribution in [3.63, 3.8) is 0 Å². The van der Waals surface area contributed by atoms with E-state index in [0.717, 1.165) is 24.3 Å². The van der Waals surface area contributed by atoms with Gasteiger partial charge < -0.3 is 19.9 Å². The minimum Gasteiger partial charge on any atom is -0.489 e. The third kappa shape index (κ3) is 6.06. The molecular formula is C23H29N3O3. The number of hydrogen-bond acceptors (Lipinski definition) is 4. The standard InChI is InChI=1S/C23H29N3O3/c1-24-13-5-8-22(27)25-14-16-26(17-15-25)23(28)20-9-11-21(12-10-20)29-18-19-6-3-2-4-7-19/h2-4,6-7,9-12,24H,5,8,13-18H2,1H3. The van der Waals surface area contributed by atoms with Crippen LogP contribution in [0.3, 0.4) is 0 Å². The highest BCUT2D eigenvalue weighted by Crippen LogP contribution is 2.16. The number of nitrogens with zero attached hydrogens (tertiary/aromatic N) is 2. The molecule has 1 saturated heterocycles. The summed E-state index contributed by atoms with van der Waals surface area (Å²) < 4.78 is 5.78. The molecular weight excluding hydrogens is 366 g/mol. The number of nitrogens with one attached hydrogen (secondary N) is 1. The van der Waals surface area contributed by atoms with Crippen molar-refractivity contribution in [1.82, 2.24) is 15.1 Å². The highest BCUT2D eigenvalue weighted by Gasteiger charge is 2.24. The van der Waals surface area contributed by atoms with Crippen LogP contribution < -0.4 is 10.1 Å². The van der Waals surface area contributed by atoms with Crippen molar-refractivity contribution in [3.8, 4) is 5.75 Å². The molecule has 1 aliphatic heterocycles. The van der Waals surface area contributed by atoms with Crippen LogP contribution in [-0.2, 0) is 11.4 Å². The van der Waals surface area contributed by atoms with Gasteiger partial charge in [-0.15, -0.1) is 0 Å². The number of carbonyl (C=O) groups excluding carboxylic acids is 2. The molecule has 3 rings (SSSR count). The Kier molecular flexibility index (Phi) is 7.64. The van der Waals surface area contributed by atoms with Gasteiger partial charge in [0.05, 0.1) is 0 Å². The molecule has 1 fully saturated rings. The van der Waals surface area contributed by atoms with Gasteiger partial charge in [0, 0.05) is 38.2 Å². The van der Waals surface area contributed by atoms with Gasteiger partial charge in [-0.2, -0.15) is 0 Å². The number of ether oxygens (including phenoxy) is 1. The van der Waals surface area contributed by atoms with Crippen LogP contribution in [0.25, 0.3) is 0 Å². The quantitative estimate of drug-likeness (QED) is 0.698. The van der Waals surface area contributed by atoms with Crippen LogP contribution in [0.2, 0.25) is 0 Å². The normalized spacial score (nSPS) is 14.0. The molecule has 0 saturated carbocycles. The zero-order valence-corrected chi connectivity index (χ0v) is 17.0. The van der Waals surface area contributed by atoms with E-state index < -0.39 is 0 Å². The van der Waals surface area contributed by atoms with Gasteiger partial charge in [0.15, 0.2) is 0 Å². The van der Waals surface area contributed by atoms with Gasteiger partial charge in [-0.05, 0) is 49.8 Å². The molecule has 154 valence electrons. The number of piperazine rings is 1. The van der Waals surface area contributed by atoms with Gasteiger partial charge in [0.1, 0.15) is 12.4 Å². The van der Waals surface area contributed by atoms with E-state index in [9.17, 15) is 9.59 Å². The molecule has 1 heterocycles. The zero-order valence-electron chi connectivity index (χ0n) is 17.0. The fraction of sp³-hybridized carbons (Fsp3) is 0.391. The van der Waals surface area contributed by atoms with E-state index >= 15 is 0 Å². The van der Waals surface area contributed by atoms with Crippen LogP contribution in [0, 0.1) is 0 Å². The Morgan fingerprint density at radius 1 is 0.931 bits per heavy atom. The van der Waals surface area contributed by atoms with Gasteiger partial charge in [0.25, 0.3) is 5.91 Å². The van der Waals surface area contributed by atoms with Crippen molar-refractivity contribution in [1.29, 1.82) is 0 Å². The average Bonchev–Trinajstić information content (AvgIpc) is 2.78. The number of carbonyl (C=O) groups is 2. The zero-order chi connectivity index (χ0) is 20.5. The summed E-state index contributed by atoms with van der Waals surface area (Å²) in [4.78, 5) is 28.6. The molecule has 2 aromatic rings. The molecule has 1 N–H and O–H groups in total. The summed E-state index contributed by atoms with van der Waals surface area (Å²) in [5, 5.41) is 3.05. The van der Waals surface area contributed by atoms with Crippen molar-refractivity contribution in [2.75, 3.05) is 39.8 Å². The molecule has 1 aliphatic rings. The van der Waals surface area contributed by atoms with Gasteiger partial charge >= 0.3 is 0 Å². The van der Waals surface area contributed by atoms with E-state index in [1.54, 1.807) is 12.1 Å².